The second kappa shape index (κ2) is 12.3. The van der Waals surface area contributed by atoms with Crippen LogP contribution in [0.15, 0.2) is 176 Å². The second-order valence-electron chi connectivity index (χ2n) is 16.1. The average Bonchev–Trinajstić information content (AvgIpc) is 3.88. The van der Waals surface area contributed by atoms with E-state index in [9.17, 15) is 5.26 Å². The zero-order chi connectivity index (χ0) is 39.4. The SMILES string of the molecule is CC1(C)c2cc(-c3ccc(C#N)cc3)ccc2-c2nc(-c3cccc4c3c3ccccc3n4-c3ccccc3)nc(-n3c4ccccc4c4cc5ccccc5cc43)c21. The van der Waals surface area contributed by atoms with Crippen LogP contribution in [0.5, 0.6) is 0 Å². The molecule has 3 aromatic heterocycles. The van der Waals surface area contributed by atoms with E-state index in [-0.39, 0.29) is 0 Å². The van der Waals surface area contributed by atoms with Crippen molar-refractivity contribution in [3.8, 4) is 51.3 Å². The molecule has 1 aliphatic rings. The smallest absolute Gasteiger partial charge is 0.162 e. The van der Waals surface area contributed by atoms with Crippen LogP contribution in [0.3, 0.4) is 0 Å². The van der Waals surface area contributed by atoms with Gasteiger partial charge in [0.05, 0.1) is 39.4 Å². The molecule has 0 fully saturated rings. The van der Waals surface area contributed by atoms with Crippen molar-refractivity contribution in [2.45, 2.75) is 19.3 Å². The Labute approximate surface area is 340 Å². The lowest BCUT2D eigenvalue weighted by Gasteiger charge is -2.25. The van der Waals surface area contributed by atoms with E-state index in [1.54, 1.807) is 0 Å². The number of fused-ring (bicyclic) bond motifs is 10. The summed E-state index contributed by atoms with van der Waals surface area (Å²) in [6, 6.07) is 64.6. The summed E-state index contributed by atoms with van der Waals surface area (Å²) in [5.41, 5.74) is 13.3. The van der Waals surface area contributed by atoms with Crippen LogP contribution in [0.4, 0.5) is 0 Å². The lowest BCUT2D eigenvalue weighted by atomic mass is 9.81. The van der Waals surface area contributed by atoms with Crippen LogP contribution >= 0.6 is 0 Å². The molecule has 0 N–H and O–H groups in total. The quantitative estimate of drug-likeness (QED) is 0.180. The molecule has 59 heavy (non-hydrogen) atoms. The van der Waals surface area contributed by atoms with E-state index in [0.29, 0.717) is 11.4 Å². The standard InChI is InChI=1S/C54H35N5/c1-54(2)44-30-37(34-25-23-33(32-55)24-26-34)27-28-40(44)51-50(54)53(59-45-20-10-8-17-39(45)43-29-35-13-6-7-14-36(35)31-48(43)59)57-52(56-51)42-19-12-22-47-49(42)41-18-9-11-21-46(41)58(47)38-15-4-3-5-16-38/h3-31H,1-2H3. The molecule has 11 aromatic rings. The van der Waals surface area contributed by atoms with Gasteiger partial charge in [-0.05, 0) is 88.1 Å². The molecule has 0 atom stereocenters. The molecule has 0 saturated heterocycles. The topological polar surface area (TPSA) is 59.4 Å². The number of hydrogen-bond donors (Lipinski definition) is 0. The van der Waals surface area contributed by atoms with Gasteiger partial charge in [-0.3, -0.25) is 4.57 Å². The summed E-state index contributed by atoms with van der Waals surface area (Å²) in [4.78, 5) is 11.4. The summed E-state index contributed by atoms with van der Waals surface area (Å²) in [6.07, 6.45) is 0. The molecular weight excluding hydrogens is 719 g/mol. The molecule has 0 aliphatic heterocycles. The van der Waals surface area contributed by atoms with Crippen LogP contribution in [-0.4, -0.2) is 19.1 Å². The van der Waals surface area contributed by atoms with Gasteiger partial charge in [0.1, 0.15) is 5.82 Å². The zero-order valence-corrected chi connectivity index (χ0v) is 32.5. The van der Waals surface area contributed by atoms with Gasteiger partial charge in [0.25, 0.3) is 0 Å². The van der Waals surface area contributed by atoms with Gasteiger partial charge in [-0.1, -0.05) is 129 Å². The predicted octanol–water partition coefficient (Wildman–Crippen LogP) is 13.3. The Morgan fingerprint density at radius 2 is 1.17 bits per heavy atom. The maximum atomic E-state index is 9.49. The second-order valence-corrected chi connectivity index (χ2v) is 16.1. The van der Waals surface area contributed by atoms with Crippen molar-refractivity contribution in [3.63, 3.8) is 0 Å². The number of aromatic nitrogens is 4. The van der Waals surface area contributed by atoms with Gasteiger partial charge in [-0.25, -0.2) is 9.97 Å². The van der Waals surface area contributed by atoms with E-state index in [1.165, 1.54) is 27.1 Å². The summed E-state index contributed by atoms with van der Waals surface area (Å²) in [7, 11) is 0. The highest BCUT2D eigenvalue weighted by Gasteiger charge is 2.41. The Hall–Kier alpha value is -7.81. The van der Waals surface area contributed by atoms with E-state index in [2.05, 4.69) is 181 Å². The third-order valence-electron chi connectivity index (χ3n) is 12.5. The van der Waals surface area contributed by atoms with Gasteiger partial charge in [-0.2, -0.15) is 5.26 Å². The highest BCUT2D eigenvalue weighted by atomic mass is 15.1. The number of nitrogens with zero attached hydrogens (tertiary/aromatic N) is 5. The fourth-order valence-corrected chi connectivity index (χ4v) is 9.77. The fraction of sp³-hybridized carbons (Fsp3) is 0.0556. The van der Waals surface area contributed by atoms with Crippen LogP contribution in [0.25, 0.3) is 99.7 Å². The summed E-state index contributed by atoms with van der Waals surface area (Å²) in [5.74, 6) is 1.57. The molecule has 0 bridgehead atoms. The van der Waals surface area contributed by atoms with Crippen molar-refractivity contribution in [2.24, 2.45) is 0 Å². The molecular formula is C54H35N5. The number of para-hydroxylation sites is 3. The number of nitriles is 1. The van der Waals surface area contributed by atoms with Crippen molar-refractivity contribution in [2.75, 3.05) is 0 Å². The lowest BCUT2D eigenvalue weighted by molar-refractivity contribution is 0.651. The van der Waals surface area contributed by atoms with E-state index < -0.39 is 5.41 Å². The van der Waals surface area contributed by atoms with Crippen molar-refractivity contribution >= 4 is 54.4 Å². The van der Waals surface area contributed by atoms with Crippen LogP contribution in [0.2, 0.25) is 0 Å². The first-order chi connectivity index (χ1) is 29.0. The molecule has 5 heteroatoms. The monoisotopic (exact) mass is 753 g/mol. The van der Waals surface area contributed by atoms with Crippen LogP contribution in [0, 0.1) is 11.3 Å². The number of hydrogen-bond acceptors (Lipinski definition) is 3. The predicted molar refractivity (Wildman–Crippen MR) is 241 cm³/mol. The Morgan fingerprint density at radius 3 is 1.95 bits per heavy atom. The largest absolute Gasteiger partial charge is 0.309 e. The van der Waals surface area contributed by atoms with Crippen molar-refractivity contribution in [3.05, 3.63) is 193 Å². The molecule has 1 aliphatic carbocycles. The Morgan fingerprint density at radius 1 is 0.508 bits per heavy atom. The summed E-state index contributed by atoms with van der Waals surface area (Å²) in [5, 5.41) is 16.5. The maximum absolute atomic E-state index is 9.49. The van der Waals surface area contributed by atoms with Crippen LogP contribution in [0.1, 0.15) is 30.5 Å². The van der Waals surface area contributed by atoms with E-state index in [4.69, 9.17) is 9.97 Å². The van der Waals surface area contributed by atoms with Crippen molar-refractivity contribution in [1.29, 1.82) is 5.26 Å². The third kappa shape index (κ3) is 4.78. The van der Waals surface area contributed by atoms with E-state index in [1.807, 2.05) is 24.3 Å². The molecule has 12 rings (SSSR count). The minimum Gasteiger partial charge on any atom is -0.309 e. The molecule has 5 nitrogen and oxygen atoms in total. The normalized spacial score (nSPS) is 13.0. The molecule has 0 amide bonds. The summed E-state index contributed by atoms with van der Waals surface area (Å²) in [6.45, 7) is 4.62. The van der Waals surface area contributed by atoms with E-state index in [0.717, 1.165) is 77.9 Å². The third-order valence-corrected chi connectivity index (χ3v) is 12.5. The minimum atomic E-state index is -0.453. The molecule has 0 radical (unpaired) electrons. The summed E-state index contributed by atoms with van der Waals surface area (Å²) >= 11 is 0. The molecule has 8 aromatic carbocycles. The van der Waals surface area contributed by atoms with E-state index >= 15 is 0 Å². The number of benzene rings is 8. The Bertz CT molecular complexity index is 3580. The van der Waals surface area contributed by atoms with Gasteiger partial charge in [0, 0.05) is 49.3 Å². The maximum Gasteiger partial charge on any atom is 0.162 e. The van der Waals surface area contributed by atoms with Gasteiger partial charge in [0.15, 0.2) is 5.82 Å². The zero-order valence-electron chi connectivity index (χ0n) is 32.5. The Balaban J connectivity index is 1.19. The van der Waals surface area contributed by atoms with Crippen LogP contribution in [-0.2, 0) is 5.41 Å². The Kier molecular flexibility index (Phi) is 6.98. The van der Waals surface area contributed by atoms with Crippen molar-refractivity contribution in [1.82, 2.24) is 19.1 Å². The van der Waals surface area contributed by atoms with Crippen LogP contribution < -0.4 is 0 Å². The first kappa shape index (κ1) is 33.3. The molecule has 276 valence electrons. The summed E-state index contributed by atoms with van der Waals surface area (Å²) < 4.78 is 4.74. The minimum absolute atomic E-state index is 0.453. The first-order valence-electron chi connectivity index (χ1n) is 20.1. The molecule has 0 spiro atoms. The van der Waals surface area contributed by atoms with Gasteiger partial charge in [0.2, 0.25) is 0 Å². The average molecular weight is 754 g/mol. The van der Waals surface area contributed by atoms with Gasteiger partial charge < -0.3 is 4.57 Å². The molecule has 0 unspecified atom stereocenters. The molecule has 3 heterocycles. The highest BCUT2D eigenvalue weighted by Crippen LogP contribution is 2.52. The number of rotatable bonds is 4. The first-order valence-corrected chi connectivity index (χ1v) is 20.1. The van der Waals surface area contributed by atoms with Gasteiger partial charge >= 0.3 is 0 Å². The lowest BCUT2D eigenvalue weighted by Crippen LogP contribution is -2.20. The van der Waals surface area contributed by atoms with Crippen molar-refractivity contribution < 1.29 is 0 Å². The molecule has 0 saturated carbocycles. The highest BCUT2D eigenvalue weighted by molar-refractivity contribution is 6.16. The fourth-order valence-electron chi connectivity index (χ4n) is 9.77. The van der Waals surface area contributed by atoms with Gasteiger partial charge in [-0.15, -0.1) is 0 Å².